The Morgan fingerprint density at radius 2 is 1.87 bits per heavy atom. The first-order valence-electron chi connectivity index (χ1n) is 5.07. The number of hydrogen-bond acceptors (Lipinski definition) is 1. The fourth-order valence-corrected chi connectivity index (χ4v) is 2.15. The van der Waals surface area contributed by atoms with E-state index in [2.05, 4.69) is 17.1 Å². The fourth-order valence-electron chi connectivity index (χ4n) is 2.15. The molecular formula is C13H10FN. The van der Waals surface area contributed by atoms with Crippen molar-refractivity contribution in [2.45, 2.75) is 12.8 Å². The van der Waals surface area contributed by atoms with Crippen LogP contribution in [0.2, 0.25) is 0 Å². The zero-order valence-electron chi connectivity index (χ0n) is 8.20. The van der Waals surface area contributed by atoms with Gasteiger partial charge in [0.1, 0.15) is 5.82 Å². The Bertz CT molecular complexity index is 520. The molecule has 15 heavy (non-hydrogen) atoms. The minimum Gasteiger partial charge on any atom is -0.253 e. The van der Waals surface area contributed by atoms with Crippen LogP contribution in [0.1, 0.15) is 11.1 Å². The minimum atomic E-state index is -0.242. The van der Waals surface area contributed by atoms with Gasteiger partial charge in [-0.3, -0.25) is 4.98 Å². The Kier molecular flexibility index (Phi) is 1.81. The molecule has 1 aliphatic carbocycles. The topological polar surface area (TPSA) is 12.9 Å². The van der Waals surface area contributed by atoms with E-state index < -0.39 is 0 Å². The Morgan fingerprint density at radius 1 is 1.07 bits per heavy atom. The molecule has 1 nitrogen and oxygen atoms in total. The highest BCUT2D eigenvalue weighted by Gasteiger charge is 2.16. The summed E-state index contributed by atoms with van der Waals surface area (Å²) in [5.41, 5.74) is 4.43. The van der Waals surface area contributed by atoms with Crippen molar-refractivity contribution in [3.8, 4) is 11.3 Å². The molecule has 0 spiro atoms. The molecule has 0 aliphatic heterocycles. The Morgan fingerprint density at radius 3 is 2.80 bits per heavy atom. The molecule has 0 bridgehead atoms. The maximum Gasteiger partial charge on any atom is 0.141 e. The first-order chi connectivity index (χ1) is 7.34. The Hall–Kier alpha value is -1.70. The van der Waals surface area contributed by atoms with E-state index in [0.717, 1.165) is 29.7 Å². The zero-order valence-corrected chi connectivity index (χ0v) is 8.20. The lowest BCUT2D eigenvalue weighted by atomic mass is 9.89. The zero-order chi connectivity index (χ0) is 10.3. The summed E-state index contributed by atoms with van der Waals surface area (Å²) >= 11 is 0. The molecule has 0 atom stereocenters. The second-order valence-corrected chi connectivity index (χ2v) is 3.82. The van der Waals surface area contributed by atoms with E-state index in [1.807, 2.05) is 12.1 Å². The number of aromatic nitrogens is 1. The van der Waals surface area contributed by atoms with Crippen molar-refractivity contribution >= 4 is 0 Å². The van der Waals surface area contributed by atoms with Crippen molar-refractivity contribution in [1.82, 2.24) is 4.98 Å². The van der Waals surface area contributed by atoms with E-state index >= 15 is 0 Å². The van der Waals surface area contributed by atoms with Crippen LogP contribution in [0.5, 0.6) is 0 Å². The van der Waals surface area contributed by atoms with E-state index in [1.165, 1.54) is 11.8 Å². The molecule has 0 saturated heterocycles. The molecule has 2 aromatic rings. The van der Waals surface area contributed by atoms with Crippen molar-refractivity contribution in [3.63, 3.8) is 0 Å². The molecule has 0 unspecified atom stereocenters. The number of halogens is 1. The second kappa shape index (κ2) is 3.16. The van der Waals surface area contributed by atoms with Gasteiger partial charge >= 0.3 is 0 Å². The number of benzene rings is 1. The van der Waals surface area contributed by atoms with E-state index in [9.17, 15) is 4.39 Å². The first kappa shape index (κ1) is 8.60. The van der Waals surface area contributed by atoms with Gasteiger partial charge in [-0.15, -0.1) is 0 Å². The third kappa shape index (κ3) is 1.33. The smallest absolute Gasteiger partial charge is 0.141 e. The lowest BCUT2D eigenvalue weighted by Gasteiger charge is -2.18. The summed E-state index contributed by atoms with van der Waals surface area (Å²) in [5.74, 6) is -0.242. The number of nitrogens with zero attached hydrogens (tertiary/aromatic N) is 1. The Balaban J connectivity index is 2.26. The van der Waals surface area contributed by atoms with Crippen molar-refractivity contribution in [1.29, 1.82) is 0 Å². The van der Waals surface area contributed by atoms with E-state index in [0.29, 0.717) is 0 Å². The molecular weight excluding hydrogens is 189 g/mol. The quantitative estimate of drug-likeness (QED) is 0.635. The van der Waals surface area contributed by atoms with Gasteiger partial charge in [0.2, 0.25) is 0 Å². The highest BCUT2D eigenvalue weighted by atomic mass is 19.1. The summed E-state index contributed by atoms with van der Waals surface area (Å²) in [4.78, 5) is 4.19. The van der Waals surface area contributed by atoms with Crippen LogP contribution in [0.15, 0.2) is 36.5 Å². The molecule has 3 rings (SSSR count). The third-order valence-corrected chi connectivity index (χ3v) is 2.87. The highest BCUT2D eigenvalue weighted by Crippen LogP contribution is 2.31. The van der Waals surface area contributed by atoms with Crippen molar-refractivity contribution < 1.29 is 4.39 Å². The maximum atomic E-state index is 13.0. The van der Waals surface area contributed by atoms with Gasteiger partial charge < -0.3 is 0 Å². The molecule has 0 fully saturated rings. The summed E-state index contributed by atoms with van der Waals surface area (Å²) in [6.07, 6.45) is 3.16. The summed E-state index contributed by atoms with van der Waals surface area (Å²) < 4.78 is 13.0. The van der Waals surface area contributed by atoms with Gasteiger partial charge in [0, 0.05) is 5.56 Å². The molecule has 1 aromatic carbocycles. The van der Waals surface area contributed by atoms with Crippen molar-refractivity contribution in [2.75, 3.05) is 0 Å². The minimum absolute atomic E-state index is 0.242. The van der Waals surface area contributed by atoms with E-state index in [-0.39, 0.29) is 5.82 Å². The molecule has 1 heterocycles. The van der Waals surface area contributed by atoms with Gasteiger partial charge in [-0.05, 0) is 30.0 Å². The van der Waals surface area contributed by atoms with Crippen LogP contribution in [0.25, 0.3) is 11.3 Å². The summed E-state index contributed by atoms with van der Waals surface area (Å²) in [7, 11) is 0. The standard InChI is InChI=1S/C13H10FN/c14-11-7-10-6-5-9-3-1-2-4-12(9)13(10)15-8-11/h1-4,7-8H,5-6H2. The number of rotatable bonds is 0. The largest absolute Gasteiger partial charge is 0.253 e. The van der Waals surface area contributed by atoms with Gasteiger partial charge in [0.25, 0.3) is 0 Å². The van der Waals surface area contributed by atoms with Crippen LogP contribution < -0.4 is 0 Å². The number of aryl methyl sites for hydroxylation is 2. The second-order valence-electron chi connectivity index (χ2n) is 3.82. The van der Waals surface area contributed by atoms with Crippen LogP contribution in [-0.2, 0) is 12.8 Å². The highest BCUT2D eigenvalue weighted by molar-refractivity contribution is 5.69. The number of pyridine rings is 1. The summed E-state index contributed by atoms with van der Waals surface area (Å²) in [6.45, 7) is 0. The normalized spacial score (nSPS) is 13.1. The lowest BCUT2D eigenvalue weighted by molar-refractivity contribution is 0.618. The van der Waals surface area contributed by atoms with Gasteiger partial charge in [0.15, 0.2) is 0 Å². The maximum absolute atomic E-state index is 13.0. The average molecular weight is 199 g/mol. The van der Waals surface area contributed by atoms with Gasteiger partial charge in [-0.2, -0.15) is 0 Å². The van der Waals surface area contributed by atoms with Crippen molar-refractivity contribution in [3.05, 3.63) is 53.5 Å². The Labute approximate surface area is 87.6 Å². The van der Waals surface area contributed by atoms with Crippen LogP contribution in [-0.4, -0.2) is 4.98 Å². The number of hydrogen-bond donors (Lipinski definition) is 0. The van der Waals surface area contributed by atoms with Crippen LogP contribution in [0, 0.1) is 5.82 Å². The predicted molar refractivity (Wildman–Crippen MR) is 57.0 cm³/mol. The molecule has 1 aliphatic rings. The molecule has 1 aromatic heterocycles. The average Bonchev–Trinajstić information content (AvgIpc) is 2.28. The molecule has 2 heteroatoms. The van der Waals surface area contributed by atoms with Gasteiger partial charge in [0.05, 0.1) is 11.9 Å². The van der Waals surface area contributed by atoms with Crippen LogP contribution in [0.3, 0.4) is 0 Å². The number of fused-ring (bicyclic) bond motifs is 3. The van der Waals surface area contributed by atoms with Crippen LogP contribution in [0.4, 0.5) is 4.39 Å². The SMILES string of the molecule is Fc1cnc2c(c1)CCc1ccccc1-2. The fraction of sp³-hybridized carbons (Fsp3) is 0.154. The summed E-state index contributed by atoms with van der Waals surface area (Å²) in [6, 6.07) is 9.80. The van der Waals surface area contributed by atoms with Crippen molar-refractivity contribution in [2.24, 2.45) is 0 Å². The molecule has 0 N–H and O–H groups in total. The van der Waals surface area contributed by atoms with Crippen LogP contribution >= 0.6 is 0 Å². The van der Waals surface area contributed by atoms with Gasteiger partial charge in [-0.25, -0.2) is 4.39 Å². The third-order valence-electron chi connectivity index (χ3n) is 2.87. The monoisotopic (exact) mass is 199 g/mol. The molecule has 74 valence electrons. The van der Waals surface area contributed by atoms with Gasteiger partial charge in [-0.1, -0.05) is 24.3 Å². The first-order valence-corrected chi connectivity index (χ1v) is 5.07. The molecule has 0 amide bonds. The lowest BCUT2D eigenvalue weighted by Crippen LogP contribution is -2.05. The van der Waals surface area contributed by atoms with E-state index in [1.54, 1.807) is 6.07 Å². The summed E-state index contributed by atoms with van der Waals surface area (Å²) in [5, 5.41) is 0. The molecule has 0 saturated carbocycles. The predicted octanol–water partition coefficient (Wildman–Crippen LogP) is 2.99. The van der Waals surface area contributed by atoms with E-state index in [4.69, 9.17) is 0 Å². The molecule has 0 radical (unpaired) electrons.